The van der Waals surface area contributed by atoms with Gasteiger partial charge in [0.15, 0.2) is 5.82 Å². The number of aromatic nitrogens is 2. The summed E-state index contributed by atoms with van der Waals surface area (Å²) in [4.78, 5) is 7.86. The summed E-state index contributed by atoms with van der Waals surface area (Å²) in [6.45, 7) is -2.83. The van der Waals surface area contributed by atoms with Gasteiger partial charge in [0.1, 0.15) is 11.6 Å². The number of hydrogen-bond donors (Lipinski definition) is 2. The van der Waals surface area contributed by atoms with Crippen molar-refractivity contribution >= 4 is 17.3 Å². The van der Waals surface area contributed by atoms with E-state index in [1.165, 1.54) is 24.5 Å². The molecule has 7 heteroatoms. The molecule has 0 saturated heterocycles. The normalized spacial score (nSPS) is 10.4. The van der Waals surface area contributed by atoms with Gasteiger partial charge in [0, 0.05) is 5.69 Å². The van der Waals surface area contributed by atoms with Crippen molar-refractivity contribution in [2.75, 3.05) is 11.1 Å². The lowest BCUT2D eigenvalue weighted by Crippen LogP contribution is -2.02. The number of nitrogen functional groups attached to an aromatic ring is 1. The highest BCUT2D eigenvalue weighted by Crippen LogP contribution is 2.20. The summed E-state index contributed by atoms with van der Waals surface area (Å²) < 4.78 is 28.1. The molecule has 1 heterocycles. The molecule has 18 heavy (non-hydrogen) atoms. The zero-order valence-corrected chi connectivity index (χ0v) is 9.18. The number of halogens is 2. The van der Waals surface area contributed by atoms with Gasteiger partial charge in [0.25, 0.3) is 0 Å². The van der Waals surface area contributed by atoms with Gasteiger partial charge in [-0.25, -0.2) is 4.98 Å². The van der Waals surface area contributed by atoms with E-state index in [9.17, 15) is 8.78 Å². The average molecular weight is 252 g/mol. The second kappa shape index (κ2) is 5.26. The number of ether oxygens (including phenoxy) is 1. The first-order chi connectivity index (χ1) is 8.63. The third kappa shape index (κ3) is 3.27. The van der Waals surface area contributed by atoms with Crippen LogP contribution in [0.15, 0.2) is 36.7 Å². The van der Waals surface area contributed by atoms with Crippen molar-refractivity contribution in [3.05, 3.63) is 36.7 Å². The molecule has 2 rings (SSSR count). The van der Waals surface area contributed by atoms with Crippen molar-refractivity contribution in [2.45, 2.75) is 6.61 Å². The first-order valence-corrected chi connectivity index (χ1v) is 5.03. The van der Waals surface area contributed by atoms with Gasteiger partial charge in [-0.2, -0.15) is 8.78 Å². The van der Waals surface area contributed by atoms with Crippen molar-refractivity contribution in [2.24, 2.45) is 0 Å². The van der Waals surface area contributed by atoms with E-state index in [4.69, 9.17) is 5.73 Å². The summed E-state index contributed by atoms with van der Waals surface area (Å²) in [6.07, 6.45) is 2.92. The summed E-state index contributed by atoms with van der Waals surface area (Å²) in [5.74, 6) is 0.851. The molecule has 0 aliphatic heterocycles. The molecule has 2 aromatic rings. The van der Waals surface area contributed by atoms with Crippen LogP contribution in [0.25, 0.3) is 0 Å². The van der Waals surface area contributed by atoms with Gasteiger partial charge < -0.3 is 15.8 Å². The smallest absolute Gasteiger partial charge is 0.387 e. The Kier molecular flexibility index (Phi) is 3.52. The van der Waals surface area contributed by atoms with E-state index in [2.05, 4.69) is 20.0 Å². The topological polar surface area (TPSA) is 73.1 Å². The van der Waals surface area contributed by atoms with Crippen LogP contribution in [0.1, 0.15) is 0 Å². The van der Waals surface area contributed by atoms with Crippen LogP contribution in [0.3, 0.4) is 0 Å². The van der Waals surface area contributed by atoms with Gasteiger partial charge in [-0.05, 0) is 24.3 Å². The van der Waals surface area contributed by atoms with Gasteiger partial charge >= 0.3 is 6.61 Å². The summed E-state index contributed by atoms with van der Waals surface area (Å²) in [7, 11) is 0. The predicted molar refractivity (Wildman–Crippen MR) is 62.8 cm³/mol. The quantitative estimate of drug-likeness (QED) is 0.874. The Morgan fingerprint density at radius 2 is 1.89 bits per heavy atom. The first-order valence-electron chi connectivity index (χ1n) is 5.03. The van der Waals surface area contributed by atoms with Gasteiger partial charge in [0.05, 0.1) is 12.4 Å². The van der Waals surface area contributed by atoms with Crippen LogP contribution in [0.5, 0.6) is 5.75 Å². The van der Waals surface area contributed by atoms with E-state index in [0.717, 1.165) is 0 Å². The molecule has 0 spiro atoms. The van der Waals surface area contributed by atoms with Crippen molar-refractivity contribution in [3.63, 3.8) is 0 Å². The van der Waals surface area contributed by atoms with E-state index in [1.54, 1.807) is 12.1 Å². The molecule has 1 aromatic heterocycles. The molecular weight excluding hydrogens is 242 g/mol. The Labute approximate surface area is 102 Å². The zero-order valence-electron chi connectivity index (χ0n) is 9.18. The van der Waals surface area contributed by atoms with E-state index in [1.807, 2.05) is 0 Å². The molecule has 0 fully saturated rings. The molecule has 0 radical (unpaired) electrons. The number of benzene rings is 1. The predicted octanol–water partition coefficient (Wildman–Crippen LogP) is 2.40. The highest BCUT2D eigenvalue weighted by Gasteiger charge is 2.04. The minimum Gasteiger partial charge on any atom is -0.435 e. The first kappa shape index (κ1) is 12.0. The van der Waals surface area contributed by atoms with Gasteiger partial charge in [0.2, 0.25) is 0 Å². The minimum absolute atomic E-state index is 0.0919. The average Bonchev–Trinajstić information content (AvgIpc) is 2.31. The number of hydrogen-bond acceptors (Lipinski definition) is 5. The van der Waals surface area contributed by atoms with Gasteiger partial charge in [-0.1, -0.05) is 0 Å². The van der Waals surface area contributed by atoms with E-state index in [-0.39, 0.29) is 11.6 Å². The summed E-state index contributed by atoms with van der Waals surface area (Å²) >= 11 is 0. The van der Waals surface area contributed by atoms with Crippen molar-refractivity contribution < 1.29 is 13.5 Å². The molecule has 0 atom stereocenters. The molecule has 0 amide bonds. The summed E-state index contributed by atoms with van der Waals surface area (Å²) in [5.41, 5.74) is 6.14. The number of nitrogens with zero attached hydrogens (tertiary/aromatic N) is 2. The molecule has 94 valence electrons. The fourth-order valence-electron chi connectivity index (χ4n) is 1.31. The number of rotatable bonds is 4. The third-order valence-corrected chi connectivity index (χ3v) is 2.01. The molecule has 1 aromatic carbocycles. The molecule has 3 N–H and O–H groups in total. The number of anilines is 3. The van der Waals surface area contributed by atoms with Gasteiger partial charge in [-0.15, -0.1) is 0 Å². The van der Waals surface area contributed by atoms with Crippen molar-refractivity contribution in [1.29, 1.82) is 0 Å². The SMILES string of the molecule is Nc1cncc(Nc2ccc(OC(F)F)cc2)n1. The lowest BCUT2D eigenvalue weighted by Gasteiger charge is -2.07. The third-order valence-electron chi connectivity index (χ3n) is 2.01. The second-order valence-corrected chi connectivity index (χ2v) is 3.36. The largest absolute Gasteiger partial charge is 0.435 e. The van der Waals surface area contributed by atoms with Crippen molar-refractivity contribution in [1.82, 2.24) is 9.97 Å². The fraction of sp³-hybridized carbons (Fsp3) is 0.0909. The molecule has 0 aliphatic rings. The van der Waals surface area contributed by atoms with Crippen LogP contribution in [0.2, 0.25) is 0 Å². The van der Waals surface area contributed by atoms with E-state index < -0.39 is 6.61 Å². The van der Waals surface area contributed by atoms with Crippen LogP contribution in [0.4, 0.5) is 26.1 Å². The van der Waals surface area contributed by atoms with Gasteiger partial charge in [-0.3, -0.25) is 4.98 Å². The molecule has 0 bridgehead atoms. The molecule has 0 saturated carbocycles. The van der Waals surface area contributed by atoms with Crippen LogP contribution in [-0.2, 0) is 0 Å². The number of nitrogens with one attached hydrogen (secondary N) is 1. The molecule has 0 aliphatic carbocycles. The lowest BCUT2D eigenvalue weighted by molar-refractivity contribution is -0.0498. The van der Waals surface area contributed by atoms with Crippen LogP contribution >= 0.6 is 0 Å². The number of alkyl halides is 2. The minimum atomic E-state index is -2.83. The van der Waals surface area contributed by atoms with Crippen LogP contribution in [0, 0.1) is 0 Å². The lowest BCUT2D eigenvalue weighted by atomic mass is 10.3. The number of nitrogens with two attached hydrogens (primary N) is 1. The maximum absolute atomic E-state index is 11.9. The Morgan fingerprint density at radius 3 is 2.50 bits per heavy atom. The van der Waals surface area contributed by atoms with E-state index in [0.29, 0.717) is 11.5 Å². The highest BCUT2D eigenvalue weighted by molar-refractivity contribution is 5.57. The van der Waals surface area contributed by atoms with Crippen LogP contribution in [-0.4, -0.2) is 16.6 Å². The molecule has 0 unspecified atom stereocenters. The molecular formula is C11H10F2N4O. The Hall–Kier alpha value is -2.44. The summed E-state index contributed by atoms with van der Waals surface area (Å²) in [5, 5.41) is 2.93. The fourth-order valence-corrected chi connectivity index (χ4v) is 1.31. The second-order valence-electron chi connectivity index (χ2n) is 3.36. The van der Waals surface area contributed by atoms with Crippen molar-refractivity contribution in [3.8, 4) is 5.75 Å². The maximum Gasteiger partial charge on any atom is 0.387 e. The van der Waals surface area contributed by atoms with E-state index >= 15 is 0 Å². The monoisotopic (exact) mass is 252 g/mol. The Balaban J connectivity index is 2.06. The summed E-state index contributed by atoms with van der Waals surface area (Å²) in [6, 6.07) is 6.02. The zero-order chi connectivity index (χ0) is 13.0. The molecule has 5 nitrogen and oxygen atoms in total. The maximum atomic E-state index is 11.9. The highest BCUT2D eigenvalue weighted by atomic mass is 19.3. The standard InChI is InChI=1S/C11H10F2N4O/c12-11(13)18-8-3-1-7(2-4-8)16-10-6-15-5-9(14)17-10/h1-6,11H,(H3,14,16,17). The van der Waals surface area contributed by atoms with Crippen LogP contribution < -0.4 is 15.8 Å². The Bertz CT molecular complexity index is 519. The Morgan fingerprint density at radius 1 is 1.17 bits per heavy atom.